The maximum absolute atomic E-state index is 12.0. The summed E-state index contributed by atoms with van der Waals surface area (Å²) >= 11 is 0. The van der Waals surface area contributed by atoms with Crippen LogP contribution >= 0.6 is 0 Å². The summed E-state index contributed by atoms with van der Waals surface area (Å²) in [6, 6.07) is 0. The van der Waals surface area contributed by atoms with Crippen LogP contribution in [0, 0.1) is 13.8 Å². The molecule has 1 aromatic heterocycles. The van der Waals surface area contributed by atoms with Crippen LogP contribution in [-0.2, 0) is 18.3 Å². The highest BCUT2D eigenvalue weighted by Gasteiger charge is 2.15. The lowest BCUT2D eigenvalue weighted by Crippen LogP contribution is -2.29. The van der Waals surface area contributed by atoms with Crippen molar-refractivity contribution in [3.63, 3.8) is 0 Å². The molecule has 0 radical (unpaired) electrons. The van der Waals surface area contributed by atoms with Crippen molar-refractivity contribution < 1.29 is 4.79 Å². The number of likely N-dealkylation sites (N-methyl/N-ethyl adjacent to an activating group) is 1. The van der Waals surface area contributed by atoms with Gasteiger partial charge in [-0.2, -0.15) is 5.10 Å². The molecule has 0 spiro atoms. The summed E-state index contributed by atoms with van der Waals surface area (Å²) in [6.45, 7) is 6.94. The van der Waals surface area contributed by atoms with Crippen LogP contribution in [0.2, 0.25) is 0 Å². The number of carbonyl (C=O) groups excluding carboxylic acids is 1. The number of nitrogens with zero attached hydrogens (tertiary/aromatic N) is 3. The molecule has 0 saturated heterocycles. The van der Waals surface area contributed by atoms with Crippen molar-refractivity contribution in [1.29, 1.82) is 0 Å². The van der Waals surface area contributed by atoms with Gasteiger partial charge in [0.05, 0.1) is 12.1 Å². The molecule has 96 valence electrons. The Labute approximate surface area is 104 Å². The number of hydrogen-bond acceptors (Lipinski definition) is 2. The van der Waals surface area contributed by atoms with Crippen LogP contribution in [0.5, 0.6) is 0 Å². The van der Waals surface area contributed by atoms with Crippen LogP contribution in [0.15, 0.2) is 0 Å². The normalized spacial score (nSPS) is 10.6. The Kier molecular flexibility index (Phi) is 4.73. The van der Waals surface area contributed by atoms with E-state index in [0.29, 0.717) is 6.42 Å². The highest BCUT2D eigenvalue weighted by molar-refractivity contribution is 5.79. The van der Waals surface area contributed by atoms with Gasteiger partial charge < -0.3 is 4.90 Å². The molecule has 1 aromatic rings. The van der Waals surface area contributed by atoms with Crippen molar-refractivity contribution in [2.24, 2.45) is 7.05 Å². The van der Waals surface area contributed by atoms with E-state index in [0.717, 1.165) is 36.3 Å². The Bertz CT molecular complexity index is 396. The minimum absolute atomic E-state index is 0.178. The molecule has 0 saturated carbocycles. The van der Waals surface area contributed by atoms with Gasteiger partial charge in [0.25, 0.3) is 0 Å². The molecule has 1 rings (SSSR count). The molecular formula is C13H23N3O. The second-order valence-electron chi connectivity index (χ2n) is 4.62. The molecule has 17 heavy (non-hydrogen) atoms. The zero-order valence-corrected chi connectivity index (χ0v) is 11.6. The minimum Gasteiger partial charge on any atom is -0.345 e. The van der Waals surface area contributed by atoms with Gasteiger partial charge in [-0.15, -0.1) is 0 Å². The Hall–Kier alpha value is -1.32. The van der Waals surface area contributed by atoms with Crippen molar-refractivity contribution in [1.82, 2.24) is 14.7 Å². The smallest absolute Gasteiger partial charge is 0.226 e. The predicted octanol–water partition coefficient (Wildman–Crippen LogP) is 1.84. The van der Waals surface area contributed by atoms with Crippen molar-refractivity contribution in [3.05, 3.63) is 17.0 Å². The van der Waals surface area contributed by atoms with Gasteiger partial charge in [-0.05, 0) is 20.3 Å². The van der Waals surface area contributed by atoms with Crippen LogP contribution in [-0.4, -0.2) is 34.2 Å². The van der Waals surface area contributed by atoms with Gasteiger partial charge >= 0.3 is 0 Å². The average molecular weight is 237 g/mol. The Morgan fingerprint density at radius 2 is 2.06 bits per heavy atom. The number of rotatable bonds is 5. The quantitative estimate of drug-likeness (QED) is 0.783. The maximum atomic E-state index is 12.0. The predicted molar refractivity (Wildman–Crippen MR) is 68.9 cm³/mol. The lowest BCUT2D eigenvalue weighted by atomic mass is 10.1. The number of amides is 1. The first-order valence-electron chi connectivity index (χ1n) is 6.20. The molecule has 0 aliphatic rings. The van der Waals surface area contributed by atoms with Crippen LogP contribution in [0.1, 0.15) is 36.7 Å². The second kappa shape index (κ2) is 5.84. The molecule has 1 amide bonds. The molecule has 0 fully saturated rings. The molecule has 0 N–H and O–H groups in total. The van der Waals surface area contributed by atoms with E-state index >= 15 is 0 Å². The largest absolute Gasteiger partial charge is 0.345 e. The third-order valence-corrected chi connectivity index (χ3v) is 3.26. The van der Waals surface area contributed by atoms with E-state index in [4.69, 9.17) is 0 Å². The Morgan fingerprint density at radius 1 is 1.41 bits per heavy atom. The van der Waals surface area contributed by atoms with E-state index in [1.165, 1.54) is 0 Å². The number of aromatic nitrogens is 2. The van der Waals surface area contributed by atoms with Gasteiger partial charge in [-0.3, -0.25) is 9.48 Å². The van der Waals surface area contributed by atoms with Crippen LogP contribution in [0.25, 0.3) is 0 Å². The molecular weight excluding hydrogens is 214 g/mol. The first kappa shape index (κ1) is 13.7. The topological polar surface area (TPSA) is 38.1 Å². The van der Waals surface area contributed by atoms with E-state index in [1.807, 2.05) is 37.5 Å². The highest BCUT2D eigenvalue weighted by atomic mass is 16.2. The van der Waals surface area contributed by atoms with Gasteiger partial charge in [0.2, 0.25) is 5.91 Å². The van der Waals surface area contributed by atoms with Crippen LogP contribution in [0.4, 0.5) is 0 Å². The van der Waals surface area contributed by atoms with E-state index < -0.39 is 0 Å². The van der Waals surface area contributed by atoms with Gasteiger partial charge in [0.15, 0.2) is 0 Å². The van der Waals surface area contributed by atoms with Crippen molar-refractivity contribution >= 4 is 5.91 Å². The summed E-state index contributed by atoms with van der Waals surface area (Å²) in [4.78, 5) is 13.8. The van der Waals surface area contributed by atoms with Crippen LogP contribution in [0.3, 0.4) is 0 Å². The SMILES string of the molecule is CCCCN(C)C(=O)Cc1c(C)nn(C)c1C. The number of aryl methyl sites for hydroxylation is 2. The summed E-state index contributed by atoms with van der Waals surface area (Å²) in [5.74, 6) is 0.178. The molecule has 0 unspecified atom stereocenters. The molecule has 1 heterocycles. The Balaban J connectivity index is 2.67. The molecule has 0 aliphatic heterocycles. The van der Waals surface area contributed by atoms with Crippen molar-refractivity contribution in [3.8, 4) is 0 Å². The third-order valence-electron chi connectivity index (χ3n) is 3.26. The van der Waals surface area contributed by atoms with Gasteiger partial charge in [-0.25, -0.2) is 0 Å². The second-order valence-corrected chi connectivity index (χ2v) is 4.62. The molecule has 0 bridgehead atoms. The summed E-state index contributed by atoms with van der Waals surface area (Å²) in [6.07, 6.45) is 2.64. The van der Waals surface area contributed by atoms with Gasteiger partial charge in [0, 0.05) is 31.9 Å². The zero-order valence-electron chi connectivity index (χ0n) is 11.6. The third kappa shape index (κ3) is 3.32. The number of unbranched alkanes of at least 4 members (excludes halogenated alkanes) is 1. The fraction of sp³-hybridized carbons (Fsp3) is 0.692. The van der Waals surface area contributed by atoms with E-state index in [-0.39, 0.29) is 5.91 Å². The fourth-order valence-electron chi connectivity index (χ4n) is 1.88. The highest BCUT2D eigenvalue weighted by Crippen LogP contribution is 2.13. The number of hydrogen-bond donors (Lipinski definition) is 0. The maximum Gasteiger partial charge on any atom is 0.226 e. The monoisotopic (exact) mass is 237 g/mol. The summed E-state index contributed by atoms with van der Waals surface area (Å²) < 4.78 is 1.84. The molecule has 0 aromatic carbocycles. The lowest BCUT2D eigenvalue weighted by molar-refractivity contribution is -0.129. The zero-order chi connectivity index (χ0) is 13.0. The molecule has 0 aliphatic carbocycles. The first-order chi connectivity index (χ1) is 7.97. The van der Waals surface area contributed by atoms with E-state index in [1.54, 1.807) is 0 Å². The fourth-order valence-corrected chi connectivity index (χ4v) is 1.88. The minimum atomic E-state index is 0.178. The molecule has 4 nitrogen and oxygen atoms in total. The summed E-state index contributed by atoms with van der Waals surface area (Å²) in [7, 11) is 3.79. The first-order valence-corrected chi connectivity index (χ1v) is 6.20. The van der Waals surface area contributed by atoms with E-state index in [2.05, 4.69) is 12.0 Å². The molecule has 0 atom stereocenters. The number of carbonyl (C=O) groups is 1. The Morgan fingerprint density at radius 3 is 2.53 bits per heavy atom. The lowest BCUT2D eigenvalue weighted by Gasteiger charge is -2.16. The average Bonchev–Trinajstić information content (AvgIpc) is 2.52. The van der Waals surface area contributed by atoms with Crippen molar-refractivity contribution in [2.75, 3.05) is 13.6 Å². The summed E-state index contributed by atoms with van der Waals surface area (Å²) in [5, 5.41) is 4.33. The van der Waals surface area contributed by atoms with Gasteiger partial charge in [0.1, 0.15) is 0 Å². The van der Waals surface area contributed by atoms with Crippen molar-refractivity contribution in [2.45, 2.75) is 40.0 Å². The van der Waals surface area contributed by atoms with E-state index in [9.17, 15) is 4.79 Å². The summed E-state index contributed by atoms with van der Waals surface area (Å²) in [5.41, 5.74) is 3.11. The van der Waals surface area contributed by atoms with Crippen LogP contribution < -0.4 is 0 Å². The standard InChI is InChI=1S/C13H23N3O/c1-6-7-8-15(4)13(17)9-12-10(2)14-16(5)11(12)3/h6-9H2,1-5H3. The molecule has 4 heteroatoms. The van der Waals surface area contributed by atoms with Gasteiger partial charge in [-0.1, -0.05) is 13.3 Å².